The molecule has 2 aromatic carbocycles. The Bertz CT molecular complexity index is 1230. The largest absolute Gasteiger partial charge is 0.506 e. The van der Waals surface area contributed by atoms with Gasteiger partial charge in [0.25, 0.3) is 11.5 Å². The molecular formula is C19H13F2N3O6. The number of fused-ring (bicyclic) bond motifs is 1. The first-order chi connectivity index (χ1) is 14.2. The lowest BCUT2D eigenvalue weighted by atomic mass is 10.1. The van der Waals surface area contributed by atoms with E-state index in [4.69, 9.17) is 4.74 Å². The summed E-state index contributed by atoms with van der Waals surface area (Å²) in [5.41, 5.74) is -1.36. The molecule has 3 aromatic rings. The number of rotatable bonds is 5. The molecule has 2 amide bonds. The maximum absolute atomic E-state index is 13.3. The summed E-state index contributed by atoms with van der Waals surface area (Å²) >= 11 is 0. The van der Waals surface area contributed by atoms with Gasteiger partial charge in [-0.2, -0.15) is 0 Å². The minimum Gasteiger partial charge on any atom is -0.506 e. The van der Waals surface area contributed by atoms with Crippen LogP contribution in [0, 0.1) is 16.5 Å². The molecule has 0 aliphatic rings. The zero-order chi connectivity index (χ0) is 22.0. The van der Waals surface area contributed by atoms with E-state index in [1.54, 1.807) is 0 Å². The molecule has 154 valence electrons. The molecule has 0 spiro atoms. The number of nitrogens with one attached hydrogen (secondary N) is 1. The van der Waals surface area contributed by atoms with Crippen molar-refractivity contribution in [3.8, 4) is 17.2 Å². The molecule has 0 atom stereocenters. The van der Waals surface area contributed by atoms with Crippen LogP contribution in [0.5, 0.6) is 17.2 Å². The average molecular weight is 417 g/mol. The topological polar surface area (TPSA) is 127 Å². The van der Waals surface area contributed by atoms with Gasteiger partial charge in [0.15, 0.2) is 0 Å². The van der Waals surface area contributed by atoms with Crippen molar-refractivity contribution in [1.82, 2.24) is 9.88 Å². The van der Waals surface area contributed by atoms with Crippen molar-refractivity contribution in [3.05, 3.63) is 68.9 Å². The van der Waals surface area contributed by atoms with Gasteiger partial charge in [0.05, 0.1) is 5.52 Å². The Morgan fingerprint density at radius 1 is 1.13 bits per heavy atom. The predicted molar refractivity (Wildman–Crippen MR) is 100 cm³/mol. The molecule has 0 unspecified atom stereocenters. The van der Waals surface area contributed by atoms with Crippen LogP contribution in [0.15, 0.2) is 46.4 Å². The first-order valence-electron chi connectivity index (χ1n) is 8.35. The van der Waals surface area contributed by atoms with Crippen molar-refractivity contribution in [3.63, 3.8) is 0 Å². The number of benzene rings is 2. The molecule has 0 saturated carbocycles. The van der Waals surface area contributed by atoms with Crippen LogP contribution in [0.25, 0.3) is 10.9 Å². The first-order valence-corrected chi connectivity index (χ1v) is 8.35. The lowest BCUT2D eigenvalue weighted by Crippen LogP contribution is -2.34. The average Bonchev–Trinajstić information content (AvgIpc) is 2.69. The fourth-order valence-electron chi connectivity index (χ4n) is 2.77. The van der Waals surface area contributed by atoms with Crippen molar-refractivity contribution in [2.45, 2.75) is 0 Å². The number of hydrogen-bond donors (Lipinski definition) is 2. The number of ether oxygens (including phenoxy) is 1. The Morgan fingerprint density at radius 3 is 2.43 bits per heavy atom. The maximum atomic E-state index is 13.3. The monoisotopic (exact) mass is 417 g/mol. The maximum Gasteiger partial charge on any atom is 0.305 e. The fourth-order valence-corrected chi connectivity index (χ4v) is 2.77. The van der Waals surface area contributed by atoms with Crippen molar-refractivity contribution >= 4 is 22.7 Å². The lowest BCUT2D eigenvalue weighted by Gasteiger charge is -2.13. The Labute approximate surface area is 166 Å². The number of aromatic nitrogens is 1. The zero-order valence-corrected chi connectivity index (χ0v) is 15.3. The smallest absolute Gasteiger partial charge is 0.305 e. The van der Waals surface area contributed by atoms with Crippen LogP contribution < -0.4 is 15.6 Å². The minimum absolute atomic E-state index is 0.0971. The predicted octanol–water partition coefficient (Wildman–Crippen LogP) is 2.34. The first kappa shape index (κ1) is 20.6. The second-order valence-electron chi connectivity index (χ2n) is 6.14. The lowest BCUT2D eigenvalue weighted by molar-refractivity contribution is -0.117. The standard InChI is InChI=1S/C19H13F2N3O6/c1-24-14-7-11(30-12-5-9(20)4-10(21)6-12)2-3-13(14)17(26)16(19(24)28)18(27)22-8-15(25)23-29/h2-7,26H,8H2,1H3,(H,22,27). The van der Waals surface area contributed by atoms with E-state index in [2.05, 4.69) is 5.18 Å². The highest BCUT2D eigenvalue weighted by atomic mass is 19.1. The van der Waals surface area contributed by atoms with Gasteiger partial charge in [-0.3, -0.25) is 14.4 Å². The molecule has 0 aliphatic carbocycles. The van der Waals surface area contributed by atoms with Crippen molar-refractivity contribution in [2.75, 3.05) is 6.54 Å². The van der Waals surface area contributed by atoms with E-state index in [1.165, 1.54) is 25.2 Å². The highest BCUT2D eigenvalue weighted by Gasteiger charge is 2.22. The van der Waals surface area contributed by atoms with Gasteiger partial charge in [0.2, 0.25) is 0 Å². The molecule has 0 radical (unpaired) electrons. The highest BCUT2D eigenvalue weighted by Crippen LogP contribution is 2.31. The molecule has 1 aromatic heterocycles. The molecule has 0 aliphatic heterocycles. The van der Waals surface area contributed by atoms with Crippen LogP contribution in [0.1, 0.15) is 10.4 Å². The number of hydrogen-bond acceptors (Lipinski definition) is 6. The fraction of sp³-hybridized carbons (Fsp3) is 0.105. The third kappa shape index (κ3) is 3.99. The van der Waals surface area contributed by atoms with Gasteiger partial charge < -0.3 is 19.7 Å². The summed E-state index contributed by atoms with van der Waals surface area (Å²) in [6.45, 7) is -0.736. The molecule has 2 N–H and O–H groups in total. The molecule has 9 nitrogen and oxygen atoms in total. The second-order valence-corrected chi connectivity index (χ2v) is 6.14. The summed E-state index contributed by atoms with van der Waals surface area (Å²) < 4.78 is 33.1. The number of nitroso groups, excluding NO2 is 1. The summed E-state index contributed by atoms with van der Waals surface area (Å²) in [7, 11) is 1.32. The van der Waals surface area contributed by atoms with Gasteiger partial charge in [0.1, 0.15) is 41.0 Å². The van der Waals surface area contributed by atoms with Crippen LogP contribution in [-0.2, 0) is 11.8 Å². The number of nitrogens with zero attached hydrogens (tertiary/aromatic N) is 2. The Balaban J connectivity index is 2.02. The van der Waals surface area contributed by atoms with Crippen LogP contribution in [0.2, 0.25) is 0 Å². The number of aromatic hydroxyl groups is 1. The van der Waals surface area contributed by atoms with E-state index >= 15 is 0 Å². The van der Waals surface area contributed by atoms with Gasteiger partial charge in [-0.1, -0.05) is 0 Å². The zero-order valence-electron chi connectivity index (χ0n) is 15.3. The Hall–Kier alpha value is -4.15. The quantitative estimate of drug-likeness (QED) is 0.614. The van der Waals surface area contributed by atoms with Gasteiger partial charge in [0, 0.05) is 41.9 Å². The molecule has 11 heteroatoms. The number of pyridine rings is 1. The van der Waals surface area contributed by atoms with Crippen LogP contribution in [0.4, 0.5) is 8.78 Å². The van der Waals surface area contributed by atoms with E-state index < -0.39 is 46.9 Å². The van der Waals surface area contributed by atoms with E-state index in [9.17, 15) is 33.2 Å². The third-order valence-electron chi connectivity index (χ3n) is 4.14. The van der Waals surface area contributed by atoms with Crippen molar-refractivity contribution in [2.24, 2.45) is 12.2 Å². The Morgan fingerprint density at radius 2 is 1.80 bits per heavy atom. The molecule has 0 fully saturated rings. The molecule has 0 saturated heterocycles. The normalized spacial score (nSPS) is 10.6. The van der Waals surface area contributed by atoms with Gasteiger partial charge in [-0.15, -0.1) is 4.91 Å². The summed E-state index contributed by atoms with van der Waals surface area (Å²) in [5, 5.41) is 14.7. The van der Waals surface area contributed by atoms with Crippen molar-refractivity contribution in [1.29, 1.82) is 0 Å². The Kier molecular flexibility index (Phi) is 5.54. The van der Waals surface area contributed by atoms with E-state index in [0.29, 0.717) is 6.07 Å². The van der Waals surface area contributed by atoms with E-state index in [-0.39, 0.29) is 22.4 Å². The van der Waals surface area contributed by atoms with Crippen LogP contribution >= 0.6 is 0 Å². The molecule has 1 heterocycles. The molecule has 3 rings (SSSR count). The number of amides is 2. The van der Waals surface area contributed by atoms with Gasteiger partial charge in [-0.25, -0.2) is 8.78 Å². The molecule has 30 heavy (non-hydrogen) atoms. The van der Waals surface area contributed by atoms with E-state index in [0.717, 1.165) is 16.7 Å². The van der Waals surface area contributed by atoms with Crippen LogP contribution in [0.3, 0.4) is 0 Å². The SMILES string of the molecule is Cn1c(=O)c(C(=O)NCC(=O)N=O)c(O)c2ccc(Oc3cc(F)cc(F)c3)cc21. The van der Waals surface area contributed by atoms with Crippen molar-refractivity contribution < 1.29 is 28.2 Å². The summed E-state index contributed by atoms with van der Waals surface area (Å²) in [4.78, 5) is 45.8. The summed E-state index contributed by atoms with van der Waals surface area (Å²) in [5.74, 6) is -4.56. The molecular weight excluding hydrogens is 404 g/mol. The summed E-state index contributed by atoms with van der Waals surface area (Å²) in [6.07, 6.45) is 0. The minimum atomic E-state index is -1.16. The number of halogens is 2. The number of carbonyl (C=O) groups excluding carboxylic acids is 2. The highest BCUT2D eigenvalue weighted by molar-refractivity contribution is 6.03. The van der Waals surface area contributed by atoms with Gasteiger partial charge in [-0.05, 0) is 12.1 Å². The number of carbonyl (C=O) groups is 2. The summed E-state index contributed by atoms with van der Waals surface area (Å²) in [6, 6.07) is 6.64. The van der Waals surface area contributed by atoms with E-state index in [1.807, 2.05) is 5.32 Å². The third-order valence-corrected chi connectivity index (χ3v) is 4.14. The second kappa shape index (κ2) is 8.07. The van der Waals surface area contributed by atoms with Crippen LogP contribution in [-0.4, -0.2) is 28.0 Å². The van der Waals surface area contributed by atoms with Gasteiger partial charge >= 0.3 is 5.91 Å². The number of aryl methyl sites for hydroxylation is 1. The molecule has 0 bridgehead atoms.